The summed E-state index contributed by atoms with van der Waals surface area (Å²) in [5.74, 6) is -0.305. The van der Waals surface area contributed by atoms with Gasteiger partial charge in [-0.3, -0.25) is 9.59 Å². The van der Waals surface area contributed by atoms with Gasteiger partial charge in [-0.2, -0.15) is 0 Å². The quantitative estimate of drug-likeness (QED) is 0.629. The minimum atomic E-state index is -0.319. The summed E-state index contributed by atoms with van der Waals surface area (Å²) in [5.41, 5.74) is 0.788. The van der Waals surface area contributed by atoms with Crippen molar-refractivity contribution in [1.82, 2.24) is 0 Å². The third-order valence-corrected chi connectivity index (χ3v) is 2.37. The predicted octanol–water partition coefficient (Wildman–Crippen LogP) is 2.18. The average Bonchev–Trinajstić information content (AvgIpc) is 2.40. The zero-order valence-corrected chi connectivity index (χ0v) is 10.9. The first kappa shape index (κ1) is 14.8. The molecule has 1 aromatic carbocycles. The van der Waals surface area contributed by atoms with Gasteiger partial charge in [0.05, 0.1) is 25.7 Å². The van der Waals surface area contributed by atoms with Crippen molar-refractivity contribution in [2.75, 3.05) is 13.7 Å². The van der Waals surface area contributed by atoms with Gasteiger partial charge in [-0.05, 0) is 24.6 Å². The third kappa shape index (κ3) is 4.13. The molecule has 0 radical (unpaired) electrons. The minimum Gasteiger partial charge on any atom is -0.504 e. The summed E-state index contributed by atoms with van der Waals surface area (Å²) in [6.45, 7) is 2.08. The molecule has 0 bridgehead atoms. The average molecular weight is 264 g/mol. The molecular weight excluding hydrogens is 248 g/mol. The van der Waals surface area contributed by atoms with Gasteiger partial charge in [0, 0.05) is 0 Å². The largest absolute Gasteiger partial charge is 0.504 e. The topological polar surface area (TPSA) is 72.8 Å². The van der Waals surface area contributed by atoms with Crippen LogP contribution in [0.4, 0.5) is 0 Å². The predicted molar refractivity (Wildman–Crippen MR) is 70.3 cm³/mol. The second kappa shape index (κ2) is 7.20. The number of methoxy groups -OCH3 is 1. The van der Waals surface area contributed by atoms with E-state index in [0.717, 1.165) is 0 Å². The summed E-state index contributed by atoms with van der Waals surface area (Å²) in [6, 6.07) is 3.08. The monoisotopic (exact) mass is 264 g/mol. The number of aromatic hydroxyl groups is 1. The standard InChI is InChI=1S/C14H16O5/c1-3-19-13(16)6-4-5-10-7-11(9-15)14(17)12(8-10)18-2/h4-5,7-9,17H,3,6H2,1-2H3. The number of hydrogen-bond acceptors (Lipinski definition) is 5. The molecule has 0 aromatic heterocycles. The molecule has 5 heteroatoms. The fraction of sp³-hybridized carbons (Fsp3) is 0.286. The molecule has 1 N–H and O–H groups in total. The van der Waals surface area contributed by atoms with E-state index in [1.807, 2.05) is 0 Å². The molecule has 0 fully saturated rings. The van der Waals surface area contributed by atoms with Crippen molar-refractivity contribution in [2.45, 2.75) is 13.3 Å². The molecule has 0 aliphatic rings. The lowest BCUT2D eigenvalue weighted by Crippen LogP contribution is -2.01. The highest BCUT2D eigenvalue weighted by Crippen LogP contribution is 2.30. The first-order valence-electron chi connectivity index (χ1n) is 5.80. The summed E-state index contributed by atoms with van der Waals surface area (Å²) in [5, 5.41) is 9.64. The number of ether oxygens (including phenoxy) is 2. The highest BCUT2D eigenvalue weighted by molar-refractivity contribution is 5.83. The van der Waals surface area contributed by atoms with Crippen LogP contribution in [0.25, 0.3) is 6.08 Å². The van der Waals surface area contributed by atoms with Crippen LogP contribution < -0.4 is 4.74 Å². The summed E-state index contributed by atoms with van der Waals surface area (Å²) in [7, 11) is 1.40. The number of carbonyl (C=O) groups excluding carboxylic acids is 2. The van der Waals surface area contributed by atoms with Gasteiger partial charge in [0.15, 0.2) is 17.8 Å². The fourth-order valence-corrected chi connectivity index (χ4v) is 1.50. The second-order valence-electron chi connectivity index (χ2n) is 3.69. The van der Waals surface area contributed by atoms with Crippen LogP contribution in [0.3, 0.4) is 0 Å². The van der Waals surface area contributed by atoms with E-state index < -0.39 is 0 Å². The van der Waals surface area contributed by atoms with Gasteiger partial charge in [-0.1, -0.05) is 12.2 Å². The Balaban J connectivity index is 2.86. The first-order valence-corrected chi connectivity index (χ1v) is 5.80. The van der Waals surface area contributed by atoms with E-state index in [4.69, 9.17) is 9.47 Å². The molecule has 0 aliphatic carbocycles. The molecule has 0 heterocycles. The normalized spacial score (nSPS) is 10.4. The minimum absolute atomic E-state index is 0.134. The summed E-state index contributed by atoms with van der Waals surface area (Å²) in [4.78, 5) is 21.9. The Hall–Kier alpha value is -2.30. The van der Waals surface area contributed by atoms with Crippen LogP contribution in [-0.4, -0.2) is 31.1 Å². The van der Waals surface area contributed by atoms with E-state index in [1.165, 1.54) is 13.2 Å². The third-order valence-electron chi connectivity index (χ3n) is 2.37. The lowest BCUT2D eigenvalue weighted by Gasteiger charge is -2.06. The Labute approximate surface area is 111 Å². The molecule has 0 atom stereocenters. The lowest BCUT2D eigenvalue weighted by atomic mass is 10.1. The highest BCUT2D eigenvalue weighted by Gasteiger charge is 2.08. The molecule has 0 amide bonds. The van der Waals surface area contributed by atoms with Crippen molar-refractivity contribution in [3.63, 3.8) is 0 Å². The Morgan fingerprint density at radius 3 is 2.74 bits per heavy atom. The number of hydrogen-bond donors (Lipinski definition) is 1. The zero-order valence-electron chi connectivity index (χ0n) is 10.9. The van der Waals surface area contributed by atoms with Crippen LogP contribution in [0.15, 0.2) is 18.2 Å². The summed E-state index contributed by atoms with van der Waals surface area (Å²) < 4.78 is 9.74. The van der Waals surface area contributed by atoms with Crippen LogP contribution in [-0.2, 0) is 9.53 Å². The van der Waals surface area contributed by atoms with Gasteiger partial charge >= 0.3 is 5.97 Å². The van der Waals surface area contributed by atoms with Crippen LogP contribution in [0.5, 0.6) is 11.5 Å². The zero-order chi connectivity index (χ0) is 14.3. The smallest absolute Gasteiger partial charge is 0.309 e. The molecule has 0 aliphatic heterocycles. The molecule has 0 saturated carbocycles. The highest BCUT2D eigenvalue weighted by atomic mass is 16.5. The van der Waals surface area contributed by atoms with Crippen LogP contribution in [0, 0.1) is 0 Å². The van der Waals surface area contributed by atoms with E-state index in [9.17, 15) is 14.7 Å². The first-order chi connectivity index (χ1) is 9.12. The van der Waals surface area contributed by atoms with Crippen LogP contribution in [0.1, 0.15) is 29.3 Å². The van der Waals surface area contributed by atoms with E-state index in [0.29, 0.717) is 18.5 Å². The molecule has 1 aromatic rings. The summed E-state index contributed by atoms with van der Waals surface area (Å²) >= 11 is 0. The molecule has 0 saturated heterocycles. The Kier molecular flexibility index (Phi) is 5.60. The van der Waals surface area contributed by atoms with Crippen molar-refractivity contribution in [2.24, 2.45) is 0 Å². The Bertz CT molecular complexity index is 491. The Morgan fingerprint density at radius 2 is 2.16 bits per heavy atom. The molecule has 102 valence electrons. The molecular formula is C14H16O5. The lowest BCUT2D eigenvalue weighted by molar-refractivity contribution is -0.142. The fourth-order valence-electron chi connectivity index (χ4n) is 1.50. The molecule has 0 spiro atoms. The molecule has 19 heavy (non-hydrogen) atoms. The van der Waals surface area contributed by atoms with Gasteiger partial charge in [0.2, 0.25) is 0 Å². The number of aldehydes is 1. The maximum atomic E-state index is 11.1. The molecule has 1 rings (SSSR count). The number of esters is 1. The van der Waals surface area contributed by atoms with Crippen molar-refractivity contribution in [3.05, 3.63) is 29.3 Å². The second-order valence-corrected chi connectivity index (χ2v) is 3.69. The number of rotatable bonds is 6. The van der Waals surface area contributed by atoms with Crippen LogP contribution >= 0.6 is 0 Å². The maximum absolute atomic E-state index is 11.1. The van der Waals surface area contributed by atoms with E-state index in [2.05, 4.69) is 0 Å². The Morgan fingerprint density at radius 1 is 1.42 bits per heavy atom. The maximum Gasteiger partial charge on any atom is 0.309 e. The molecule has 0 unspecified atom stereocenters. The summed E-state index contributed by atoms with van der Waals surface area (Å²) in [6.07, 6.45) is 3.97. The number of carbonyl (C=O) groups is 2. The van der Waals surface area contributed by atoms with E-state index >= 15 is 0 Å². The van der Waals surface area contributed by atoms with Crippen molar-refractivity contribution < 1.29 is 24.2 Å². The van der Waals surface area contributed by atoms with Crippen molar-refractivity contribution in [1.29, 1.82) is 0 Å². The van der Waals surface area contributed by atoms with Crippen molar-refractivity contribution >= 4 is 18.3 Å². The van der Waals surface area contributed by atoms with E-state index in [-0.39, 0.29) is 29.5 Å². The van der Waals surface area contributed by atoms with E-state index in [1.54, 1.807) is 25.1 Å². The van der Waals surface area contributed by atoms with Gasteiger partial charge < -0.3 is 14.6 Å². The SMILES string of the molecule is CCOC(=O)CC=Cc1cc(C=O)c(O)c(OC)c1. The molecule has 5 nitrogen and oxygen atoms in total. The van der Waals surface area contributed by atoms with Gasteiger partial charge in [-0.25, -0.2) is 0 Å². The number of phenols is 1. The van der Waals surface area contributed by atoms with Gasteiger partial charge in [0.25, 0.3) is 0 Å². The van der Waals surface area contributed by atoms with Gasteiger partial charge in [-0.15, -0.1) is 0 Å². The van der Waals surface area contributed by atoms with Crippen LogP contribution in [0.2, 0.25) is 0 Å². The van der Waals surface area contributed by atoms with Crippen molar-refractivity contribution in [3.8, 4) is 11.5 Å². The number of phenolic OH excluding ortho intramolecular Hbond substituents is 1. The number of benzene rings is 1. The van der Waals surface area contributed by atoms with Gasteiger partial charge in [0.1, 0.15) is 0 Å².